The summed E-state index contributed by atoms with van der Waals surface area (Å²) in [6.07, 6.45) is 0. The van der Waals surface area contributed by atoms with Crippen molar-refractivity contribution in [2.24, 2.45) is 0 Å². The summed E-state index contributed by atoms with van der Waals surface area (Å²) >= 11 is 0. The van der Waals surface area contributed by atoms with Gasteiger partial charge in [0.25, 0.3) is 0 Å². The second kappa shape index (κ2) is 7.46. The first-order chi connectivity index (χ1) is 2.77. The molecule has 0 saturated heterocycles. The molecule has 5 heteroatoms. The van der Waals surface area contributed by atoms with Crippen LogP contribution in [-0.4, -0.2) is 14.5 Å². The molecular formula is C2H6NaO2S2+. The number of hydrogen-bond acceptors (Lipinski definition) is 2. The van der Waals surface area contributed by atoms with Crippen LogP contribution in [0.25, 0.3) is 0 Å². The Morgan fingerprint density at radius 2 is 2.29 bits per heavy atom. The first kappa shape index (κ1) is 11.3. The maximum absolute atomic E-state index is 9.67. The summed E-state index contributed by atoms with van der Waals surface area (Å²) in [6, 6.07) is 0. The van der Waals surface area contributed by atoms with Crippen molar-refractivity contribution in [1.82, 2.24) is 0 Å². The van der Waals surface area contributed by atoms with Gasteiger partial charge in [-0.15, -0.1) is 0 Å². The summed E-state index contributed by atoms with van der Waals surface area (Å²) in [7, 11) is -0.635. The second-order valence-electron chi connectivity index (χ2n) is 0.624. The van der Waals surface area contributed by atoms with Crippen molar-refractivity contribution >= 4 is 20.9 Å². The minimum absolute atomic E-state index is 0. The SMILES string of the molecule is CCSS(=O)O.[Na+]. The van der Waals surface area contributed by atoms with Crippen molar-refractivity contribution < 1.29 is 38.3 Å². The normalized spacial score (nSPS) is 12.3. The van der Waals surface area contributed by atoms with Crippen molar-refractivity contribution in [2.75, 3.05) is 5.75 Å². The van der Waals surface area contributed by atoms with Gasteiger partial charge in [-0.25, -0.2) is 4.21 Å². The smallest absolute Gasteiger partial charge is 0.298 e. The molecule has 0 aromatic rings. The molecule has 0 heterocycles. The maximum atomic E-state index is 9.67. The molecule has 0 aliphatic carbocycles. The van der Waals surface area contributed by atoms with E-state index in [9.17, 15) is 4.21 Å². The van der Waals surface area contributed by atoms with E-state index in [0.29, 0.717) is 5.75 Å². The third-order valence-electron chi connectivity index (χ3n) is 0.219. The molecule has 1 N–H and O–H groups in total. The summed E-state index contributed by atoms with van der Waals surface area (Å²) in [4.78, 5) is 0. The van der Waals surface area contributed by atoms with E-state index in [1.165, 1.54) is 0 Å². The molecule has 0 aliphatic rings. The molecule has 0 aromatic heterocycles. The van der Waals surface area contributed by atoms with Crippen LogP contribution in [0.5, 0.6) is 0 Å². The molecule has 2 nitrogen and oxygen atoms in total. The molecule has 0 radical (unpaired) electrons. The van der Waals surface area contributed by atoms with Crippen LogP contribution < -0.4 is 29.6 Å². The molecule has 1 unspecified atom stereocenters. The van der Waals surface area contributed by atoms with E-state index in [1.54, 1.807) is 0 Å². The van der Waals surface area contributed by atoms with Gasteiger partial charge in [-0.2, -0.15) is 0 Å². The number of rotatable bonds is 2. The van der Waals surface area contributed by atoms with Crippen LogP contribution in [-0.2, 0) is 10.1 Å². The Morgan fingerprint density at radius 1 is 1.86 bits per heavy atom. The third kappa shape index (κ3) is 11.2. The zero-order valence-electron chi connectivity index (χ0n) is 4.38. The summed E-state index contributed by atoms with van der Waals surface area (Å²) in [6.45, 7) is 1.83. The molecule has 0 spiro atoms. The molecule has 0 fully saturated rings. The van der Waals surface area contributed by atoms with Gasteiger partial charge in [-0.1, -0.05) is 6.92 Å². The number of hydrogen-bond donors (Lipinski definition) is 1. The van der Waals surface area contributed by atoms with Crippen molar-refractivity contribution in [3.63, 3.8) is 0 Å². The van der Waals surface area contributed by atoms with Gasteiger partial charge in [0.15, 0.2) is 0 Å². The van der Waals surface area contributed by atoms with Crippen LogP contribution in [0.15, 0.2) is 0 Å². The molecule has 38 valence electrons. The first-order valence-corrected chi connectivity index (χ1v) is 4.12. The van der Waals surface area contributed by atoms with Gasteiger partial charge in [0.2, 0.25) is 10.1 Å². The minimum Gasteiger partial charge on any atom is -0.298 e. The van der Waals surface area contributed by atoms with E-state index in [-0.39, 0.29) is 29.6 Å². The summed E-state index contributed by atoms with van der Waals surface area (Å²) in [5.41, 5.74) is 0. The maximum Gasteiger partial charge on any atom is 1.00 e. The predicted octanol–water partition coefficient (Wildman–Crippen LogP) is -2.12. The Balaban J connectivity index is 0. The molecule has 0 aliphatic heterocycles. The summed E-state index contributed by atoms with van der Waals surface area (Å²) < 4.78 is 17.7. The van der Waals surface area contributed by atoms with Gasteiger partial charge in [-0.05, 0) is 10.8 Å². The van der Waals surface area contributed by atoms with E-state index >= 15 is 0 Å². The van der Waals surface area contributed by atoms with Crippen molar-refractivity contribution in [2.45, 2.75) is 6.92 Å². The Labute approximate surface area is 71.4 Å². The quantitative estimate of drug-likeness (QED) is 0.277. The van der Waals surface area contributed by atoms with E-state index in [4.69, 9.17) is 4.55 Å². The first-order valence-electron chi connectivity index (χ1n) is 1.51. The molecule has 0 amide bonds. The fourth-order valence-corrected chi connectivity index (χ4v) is 0.907. The van der Waals surface area contributed by atoms with E-state index < -0.39 is 10.1 Å². The monoisotopic (exact) mass is 149 g/mol. The Kier molecular flexibility index (Phi) is 12.0. The van der Waals surface area contributed by atoms with Crippen LogP contribution in [0.1, 0.15) is 6.92 Å². The Morgan fingerprint density at radius 3 is 2.29 bits per heavy atom. The minimum atomic E-state index is -1.65. The molecule has 7 heavy (non-hydrogen) atoms. The van der Waals surface area contributed by atoms with E-state index in [1.807, 2.05) is 6.92 Å². The van der Waals surface area contributed by atoms with Crippen LogP contribution in [0.3, 0.4) is 0 Å². The molecule has 0 saturated carbocycles. The third-order valence-corrected chi connectivity index (χ3v) is 1.97. The topological polar surface area (TPSA) is 37.3 Å². The van der Waals surface area contributed by atoms with Gasteiger partial charge < -0.3 is 0 Å². The van der Waals surface area contributed by atoms with Crippen molar-refractivity contribution in [3.8, 4) is 0 Å². The van der Waals surface area contributed by atoms with Crippen molar-refractivity contribution in [3.05, 3.63) is 0 Å². The van der Waals surface area contributed by atoms with Gasteiger partial charge in [0.05, 0.1) is 0 Å². The van der Waals surface area contributed by atoms with Gasteiger partial charge in [0.1, 0.15) is 0 Å². The molecule has 0 aromatic carbocycles. The van der Waals surface area contributed by atoms with Crippen LogP contribution in [0, 0.1) is 0 Å². The average Bonchev–Trinajstić information content (AvgIpc) is 1.35. The Bertz CT molecular complexity index is 57.7. The molecule has 1 atom stereocenters. The fourth-order valence-electron chi connectivity index (χ4n) is 0.101. The average molecular weight is 149 g/mol. The zero-order valence-corrected chi connectivity index (χ0v) is 8.01. The largest absolute Gasteiger partial charge is 1.00 e. The van der Waals surface area contributed by atoms with Crippen molar-refractivity contribution in [1.29, 1.82) is 0 Å². The molecular weight excluding hydrogens is 143 g/mol. The second-order valence-corrected chi connectivity index (χ2v) is 3.43. The Hall–Kier alpha value is 1.46. The van der Waals surface area contributed by atoms with Gasteiger partial charge in [0, 0.05) is 5.75 Å². The van der Waals surface area contributed by atoms with Gasteiger partial charge in [-0.3, -0.25) is 4.55 Å². The van der Waals surface area contributed by atoms with Crippen LogP contribution in [0.2, 0.25) is 0 Å². The zero-order chi connectivity index (χ0) is 4.99. The fraction of sp³-hybridized carbons (Fsp3) is 1.00. The predicted molar refractivity (Wildman–Crippen MR) is 28.9 cm³/mol. The molecule has 0 rings (SSSR count). The van der Waals surface area contributed by atoms with Crippen LogP contribution in [0.4, 0.5) is 0 Å². The summed E-state index contributed by atoms with van der Waals surface area (Å²) in [5, 5.41) is 0. The summed E-state index contributed by atoms with van der Waals surface area (Å²) in [5.74, 6) is 0.698. The molecule has 0 bridgehead atoms. The van der Waals surface area contributed by atoms with E-state index in [0.717, 1.165) is 10.8 Å². The van der Waals surface area contributed by atoms with Gasteiger partial charge >= 0.3 is 29.6 Å². The standard InChI is InChI=1S/C2H6O2S2.Na/c1-2-5-6(3)4;/h2H2,1H3,(H,3,4);/q;+1. The van der Waals surface area contributed by atoms with Crippen LogP contribution >= 0.6 is 10.8 Å². The van der Waals surface area contributed by atoms with E-state index in [2.05, 4.69) is 0 Å².